The minimum atomic E-state index is -1.15. The first-order valence-electron chi connectivity index (χ1n) is 6.77. The minimum Gasteiger partial charge on any atom is -0.464 e. The number of ether oxygens (including phenoxy) is 3. The Morgan fingerprint density at radius 2 is 1.86 bits per heavy atom. The van der Waals surface area contributed by atoms with Crippen LogP contribution in [0.4, 0.5) is 4.79 Å². The first-order valence-corrected chi connectivity index (χ1v) is 7.72. The van der Waals surface area contributed by atoms with Gasteiger partial charge in [0.25, 0.3) is 0 Å². The van der Waals surface area contributed by atoms with E-state index in [1.165, 1.54) is 0 Å². The number of alkyl carbamates (subject to hydrolysis) is 1. The van der Waals surface area contributed by atoms with Crippen molar-refractivity contribution in [3.63, 3.8) is 0 Å². The second-order valence-electron chi connectivity index (χ2n) is 5.22. The Hall–Kier alpha value is -1.48. The van der Waals surface area contributed by atoms with E-state index in [4.69, 9.17) is 18.8 Å². The Labute approximate surface area is 134 Å². The van der Waals surface area contributed by atoms with Gasteiger partial charge in [0.15, 0.2) is 6.04 Å². The molecule has 8 nitrogen and oxygen atoms in total. The molecule has 128 valence electrons. The number of esters is 2. The molecule has 0 heterocycles. The highest BCUT2D eigenvalue weighted by molar-refractivity contribution is 7.93. The number of rotatable bonds is 8. The highest BCUT2D eigenvalue weighted by atomic mass is 32.2. The predicted octanol–water partition coefficient (Wildman–Crippen LogP) is 1.58. The van der Waals surface area contributed by atoms with Crippen molar-refractivity contribution in [3.05, 3.63) is 0 Å². The summed E-state index contributed by atoms with van der Waals surface area (Å²) in [4.78, 5) is 34.8. The van der Waals surface area contributed by atoms with Crippen LogP contribution in [0.2, 0.25) is 0 Å². The van der Waals surface area contributed by atoms with Gasteiger partial charge in [-0.2, -0.15) is 0 Å². The molecule has 0 aromatic rings. The Bertz CT molecular complexity index is 381. The first kappa shape index (κ1) is 20.5. The van der Waals surface area contributed by atoms with Gasteiger partial charge in [-0.25, -0.2) is 9.59 Å². The van der Waals surface area contributed by atoms with Crippen LogP contribution < -0.4 is 5.32 Å². The van der Waals surface area contributed by atoms with Crippen LogP contribution in [0.15, 0.2) is 0 Å². The van der Waals surface area contributed by atoms with Crippen molar-refractivity contribution in [3.8, 4) is 0 Å². The van der Waals surface area contributed by atoms with E-state index < -0.39 is 29.7 Å². The van der Waals surface area contributed by atoms with E-state index >= 15 is 0 Å². The lowest BCUT2D eigenvalue weighted by molar-refractivity contribution is -0.151. The molecule has 0 aromatic heterocycles. The van der Waals surface area contributed by atoms with Crippen LogP contribution in [-0.4, -0.2) is 53.2 Å². The van der Waals surface area contributed by atoms with Crippen molar-refractivity contribution in [2.45, 2.75) is 45.8 Å². The first-order chi connectivity index (χ1) is 10.2. The van der Waals surface area contributed by atoms with Crippen LogP contribution in [0, 0.1) is 0 Å². The fourth-order valence-corrected chi connectivity index (χ4v) is 1.50. The van der Waals surface area contributed by atoms with Crippen LogP contribution in [0.1, 0.15) is 34.1 Å². The smallest absolute Gasteiger partial charge is 0.408 e. The summed E-state index contributed by atoms with van der Waals surface area (Å²) in [7, 11) is 0. The van der Waals surface area contributed by atoms with E-state index in [2.05, 4.69) is 5.32 Å². The summed E-state index contributed by atoms with van der Waals surface area (Å²) in [5.41, 5.74) is -0.724. The van der Waals surface area contributed by atoms with Crippen molar-refractivity contribution in [2.24, 2.45) is 0 Å². The highest BCUT2D eigenvalue weighted by Gasteiger charge is 2.26. The second kappa shape index (κ2) is 10.3. The lowest BCUT2D eigenvalue weighted by Gasteiger charge is -2.22. The van der Waals surface area contributed by atoms with Gasteiger partial charge >= 0.3 is 18.0 Å². The maximum absolute atomic E-state index is 11.7. The summed E-state index contributed by atoms with van der Waals surface area (Å²) in [5, 5.41) is 2.30. The molecule has 0 aliphatic rings. The molecule has 9 heteroatoms. The minimum absolute atomic E-state index is 0.0108. The second-order valence-corrected chi connectivity index (χ2v) is 5.88. The Balaban J connectivity index is 4.53. The molecule has 0 rings (SSSR count). The van der Waals surface area contributed by atoms with E-state index in [9.17, 15) is 14.4 Å². The lowest BCUT2D eigenvalue weighted by Crippen LogP contribution is -2.47. The van der Waals surface area contributed by atoms with Crippen molar-refractivity contribution < 1.29 is 33.1 Å². The van der Waals surface area contributed by atoms with Gasteiger partial charge in [-0.15, -0.1) is 0 Å². The standard InChI is InChI=1S/C13H23NO7S/c1-5-19-11(16)9(8-20-10(15)6-7-22-18)14-12(17)21-13(2,3)4/h9,18H,5-8H2,1-4H3,(H,14,17). The molecular formula is C13H23NO7S. The molecule has 0 fully saturated rings. The van der Waals surface area contributed by atoms with Crippen molar-refractivity contribution in [1.29, 1.82) is 0 Å². The molecule has 0 radical (unpaired) electrons. The molecule has 22 heavy (non-hydrogen) atoms. The summed E-state index contributed by atoms with van der Waals surface area (Å²) in [5.74, 6) is -1.14. The van der Waals surface area contributed by atoms with Crippen LogP contribution in [0.25, 0.3) is 0 Å². The number of hydrogen-bond acceptors (Lipinski definition) is 8. The quantitative estimate of drug-likeness (QED) is 0.390. The molecule has 0 aromatic carbocycles. The molecule has 0 aliphatic carbocycles. The summed E-state index contributed by atoms with van der Waals surface area (Å²) in [6.07, 6.45) is -0.823. The van der Waals surface area contributed by atoms with Crippen LogP contribution in [-0.2, 0) is 23.8 Å². The molecule has 0 aliphatic heterocycles. The monoisotopic (exact) mass is 337 g/mol. The van der Waals surface area contributed by atoms with Gasteiger partial charge < -0.3 is 24.1 Å². The summed E-state index contributed by atoms with van der Waals surface area (Å²) in [6, 6.07) is -1.15. The maximum atomic E-state index is 11.7. The van der Waals surface area contributed by atoms with Gasteiger partial charge in [0.2, 0.25) is 0 Å². The molecular weight excluding hydrogens is 314 g/mol. The third-order valence-corrected chi connectivity index (χ3v) is 2.46. The van der Waals surface area contributed by atoms with Gasteiger partial charge in [-0.05, 0) is 39.7 Å². The average Bonchev–Trinajstić information content (AvgIpc) is 2.39. The number of carbonyl (C=O) groups is 3. The van der Waals surface area contributed by atoms with Gasteiger partial charge in [0, 0.05) is 5.75 Å². The van der Waals surface area contributed by atoms with Gasteiger partial charge in [0.1, 0.15) is 12.2 Å². The van der Waals surface area contributed by atoms with E-state index in [1.54, 1.807) is 27.7 Å². The molecule has 2 N–H and O–H groups in total. The SMILES string of the molecule is CCOC(=O)C(COC(=O)CCSO)NC(=O)OC(C)(C)C. The molecule has 0 bridgehead atoms. The zero-order valence-corrected chi connectivity index (χ0v) is 14.0. The van der Waals surface area contributed by atoms with Gasteiger partial charge in [-0.1, -0.05) is 0 Å². The fourth-order valence-electron chi connectivity index (χ4n) is 1.24. The van der Waals surface area contributed by atoms with E-state index in [-0.39, 0.29) is 25.4 Å². The molecule has 1 atom stereocenters. The fraction of sp³-hybridized carbons (Fsp3) is 0.769. The largest absolute Gasteiger partial charge is 0.464 e. The average molecular weight is 337 g/mol. The number of carbonyl (C=O) groups excluding carboxylic acids is 3. The van der Waals surface area contributed by atoms with Crippen molar-refractivity contribution in [1.82, 2.24) is 5.32 Å². The third-order valence-electron chi connectivity index (χ3n) is 2.07. The zero-order chi connectivity index (χ0) is 17.2. The van der Waals surface area contributed by atoms with Crippen molar-refractivity contribution in [2.75, 3.05) is 19.0 Å². The maximum Gasteiger partial charge on any atom is 0.408 e. The molecule has 1 amide bonds. The topological polar surface area (TPSA) is 111 Å². The van der Waals surface area contributed by atoms with Crippen LogP contribution in [0.3, 0.4) is 0 Å². The summed E-state index contributed by atoms with van der Waals surface area (Å²) >= 11 is 0.513. The van der Waals surface area contributed by atoms with Crippen molar-refractivity contribution >= 4 is 30.1 Å². The normalized spacial score (nSPS) is 12.2. The molecule has 1 unspecified atom stereocenters. The number of nitrogens with one attached hydrogen (secondary N) is 1. The summed E-state index contributed by atoms with van der Waals surface area (Å²) in [6.45, 7) is 6.41. The van der Waals surface area contributed by atoms with Crippen LogP contribution in [0.5, 0.6) is 0 Å². The Kier molecular flexibility index (Phi) is 9.59. The molecule has 0 saturated heterocycles. The highest BCUT2D eigenvalue weighted by Crippen LogP contribution is 2.07. The van der Waals surface area contributed by atoms with E-state index in [1.807, 2.05) is 0 Å². The number of hydrogen-bond donors (Lipinski definition) is 2. The lowest BCUT2D eigenvalue weighted by atomic mass is 10.2. The Morgan fingerprint density at radius 1 is 1.23 bits per heavy atom. The molecule has 0 saturated carbocycles. The van der Waals surface area contributed by atoms with E-state index in [0.29, 0.717) is 12.0 Å². The summed E-state index contributed by atoms with van der Waals surface area (Å²) < 4.78 is 23.2. The Morgan fingerprint density at radius 3 is 2.36 bits per heavy atom. The third kappa shape index (κ3) is 10.3. The van der Waals surface area contributed by atoms with Gasteiger partial charge in [0.05, 0.1) is 13.0 Å². The van der Waals surface area contributed by atoms with Crippen LogP contribution >= 0.6 is 12.0 Å². The predicted molar refractivity (Wildman–Crippen MR) is 80.5 cm³/mol. The van der Waals surface area contributed by atoms with Gasteiger partial charge in [-0.3, -0.25) is 4.79 Å². The zero-order valence-electron chi connectivity index (χ0n) is 13.2. The molecule has 0 spiro atoms. The van der Waals surface area contributed by atoms with E-state index in [0.717, 1.165) is 0 Å². The number of amides is 1.